The summed E-state index contributed by atoms with van der Waals surface area (Å²) in [5.74, 6) is -2.83. The predicted octanol–water partition coefficient (Wildman–Crippen LogP) is -0.373. The number of phenols is 1. The van der Waals surface area contributed by atoms with Crippen molar-refractivity contribution in [2.24, 2.45) is 5.73 Å². The highest BCUT2D eigenvalue weighted by Gasteiger charge is 2.17. The molecule has 0 amide bonds. The summed E-state index contributed by atoms with van der Waals surface area (Å²) in [7, 11) is 0. The van der Waals surface area contributed by atoms with Crippen LogP contribution >= 0.6 is 0 Å². The monoisotopic (exact) mass is 240 g/mol. The van der Waals surface area contributed by atoms with Crippen molar-refractivity contribution < 1.29 is 24.9 Å². The Hall–Kier alpha value is -2.28. The topological polar surface area (TPSA) is 147 Å². The number of hydrogen-bond donors (Lipinski definition) is 5. The van der Waals surface area contributed by atoms with Crippen molar-refractivity contribution in [2.75, 3.05) is 5.73 Å². The van der Waals surface area contributed by atoms with E-state index in [9.17, 15) is 14.7 Å². The number of carbonyl (C=O) groups is 2. The molecule has 0 aromatic heterocycles. The molecule has 0 heterocycles. The number of carboxylic acids is 2. The first-order valence-corrected chi connectivity index (χ1v) is 4.66. The second kappa shape index (κ2) is 4.71. The number of hydrogen-bond acceptors (Lipinski definition) is 5. The van der Waals surface area contributed by atoms with Gasteiger partial charge in [0.2, 0.25) is 0 Å². The van der Waals surface area contributed by atoms with E-state index in [4.69, 9.17) is 21.7 Å². The van der Waals surface area contributed by atoms with Crippen LogP contribution in [0, 0.1) is 0 Å². The fraction of sp³-hybridized carbons (Fsp3) is 0.200. The van der Waals surface area contributed by atoms with Crippen LogP contribution in [0.1, 0.15) is 15.9 Å². The number of nitrogens with two attached hydrogens (primary N) is 2. The first-order chi connectivity index (χ1) is 7.82. The molecule has 0 saturated carbocycles. The summed E-state index contributed by atoms with van der Waals surface area (Å²) >= 11 is 0. The average molecular weight is 240 g/mol. The Labute approximate surface area is 96.3 Å². The lowest BCUT2D eigenvalue weighted by molar-refractivity contribution is -0.138. The van der Waals surface area contributed by atoms with E-state index in [2.05, 4.69) is 0 Å². The molecule has 1 rings (SSSR count). The van der Waals surface area contributed by atoms with Gasteiger partial charge in [0.15, 0.2) is 0 Å². The van der Waals surface area contributed by atoms with Crippen LogP contribution in [0.25, 0.3) is 0 Å². The summed E-state index contributed by atoms with van der Waals surface area (Å²) in [5, 5.41) is 26.9. The zero-order valence-electron chi connectivity index (χ0n) is 8.75. The number of aromatic carboxylic acids is 1. The molecular formula is C10H12N2O5. The van der Waals surface area contributed by atoms with Crippen LogP contribution in [0.3, 0.4) is 0 Å². The predicted molar refractivity (Wildman–Crippen MR) is 58.8 cm³/mol. The molecule has 7 nitrogen and oxygen atoms in total. The molecule has 0 saturated heterocycles. The number of phenolic OH excluding ortho intramolecular Hbond substituents is 1. The van der Waals surface area contributed by atoms with Crippen molar-refractivity contribution in [1.29, 1.82) is 0 Å². The van der Waals surface area contributed by atoms with Gasteiger partial charge in [-0.3, -0.25) is 4.79 Å². The number of rotatable bonds is 4. The first kappa shape index (κ1) is 12.8. The number of aromatic hydroxyl groups is 1. The van der Waals surface area contributed by atoms with E-state index in [0.29, 0.717) is 0 Å². The second-order valence-corrected chi connectivity index (χ2v) is 3.52. The van der Waals surface area contributed by atoms with E-state index < -0.39 is 18.0 Å². The Morgan fingerprint density at radius 2 is 1.88 bits per heavy atom. The number of aliphatic carboxylic acids is 1. The Morgan fingerprint density at radius 1 is 1.29 bits per heavy atom. The van der Waals surface area contributed by atoms with Gasteiger partial charge in [-0.2, -0.15) is 0 Å². The van der Waals surface area contributed by atoms with Crippen LogP contribution in [0.2, 0.25) is 0 Å². The summed E-state index contributed by atoms with van der Waals surface area (Å²) in [6.07, 6.45) is -0.134. The van der Waals surface area contributed by atoms with Gasteiger partial charge in [0.1, 0.15) is 11.8 Å². The summed E-state index contributed by atoms with van der Waals surface area (Å²) in [5.41, 5.74) is 10.7. The normalized spacial score (nSPS) is 12.1. The number of carboxylic acid groups (broad SMARTS) is 2. The molecule has 0 bridgehead atoms. The largest absolute Gasteiger partial charge is 0.508 e. The molecule has 7 heteroatoms. The molecule has 0 aliphatic rings. The Morgan fingerprint density at radius 3 is 2.35 bits per heavy atom. The first-order valence-electron chi connectivity index (χ1n) is 4.66. The fourth-order valence-corrected chi connectivity index (χ4v) is 1.33. The van der Waals surface area contributed by atoms with Gasteiger partial charge in [-0.15, -0.1) is 0 Å². The molecule has 1 aromatic rings. The number of anilines is 1. The van der Waals surface area contributed by atoms with Gasteiger partial charge in [-0.25, -0.2) is 4.79 Å². The minimum Gasteiger partial charge on any atom is -0.508 e. The quantitative estimate of drug-likeness (QED) is 0.356. The minimum absolute atomic E-state index is 0.0529. The highest BCUT2D eigenvalue weighted by molar-refractivity contribution is 5.94. The van der Waals surface area contributed by atoms with E-state index in [1.54, 1.807) is 0 Å². The number of benzene rings is 1. The van der Waals surface area contributed by atoms with Gasteiger partial charge in [-0.05, 0) is 17.7 Å². The second-order valence-electron chi connectivity index (χ2n) is 3.52. The molecule has 0 aliphatic heterocycles. The van der Waals surface area contributed by atoms with Gasteiger partial charge >= 0.3 is 11.9 Å². The third-order valence-corrected chi connectivity index (χ3v) is 2.24. The lowest BCUT2D eigenvalue weighted by atomic mass is 10.0. The average Bonchev–Trinajstić information content (AvgIpc) is 2.22. The molecule has 92 valence electrons. The zero-order chi connectivity index (χ0) is 13.2. The van der Waals surface area contributed by atoms with Crippen molar-refractivity contribution in [3.8, 4) is 5.75 Å². The molecule has 7 N–H and O–H groups in total. The van der Waals surface area contributed by atoms with E-state index in [0.717, 1.165) is 6.07 Å². The molecule has 1 aromatic carbocycles. The van der Waals surface area contributed by atoms with Gasteiger partial charge in [0.05, 0.1) is 5.56 Å². The molecule has 0 aliphatic carbocycles. The van der Waals surface area contributed by atoms with Crippen LogP contribution in [0.4, 0.5) is 5.69 Å². The summed E-state index contributed by atoms with van der Waals surface area (Å²) < 4.78 is 0. The van der Waals surface area contributed by atoms with Crippen LogP contribution < -0.4 is 11.5 Å². The molecule has 1 atom stereocenters. The van der Waals surface area contributed by atoms with Gasteiger partial charge in [0, 0.05) is 12.1 Å². The molecule has 17 heavy (non-hydrogen) atoms. The summed E-state index contributed by atoms with van der Waals surface area (Å²) in [6, 6.07) is 0.999. The van der Waals surface area contributed by atoms with Gasteiger partial charge < -0.3 is 26.8 Å². The van der Waals surface area contributed by atoms with Crippen LogP contribution in [-0.2, 0) is 11.2 Å². The maximum Gasteiger partial charge on any atom is 0.337 e. The van der Waals surface area contributed by atoms with E-state index >= 15 is 0 Å². The van der Waals surface area contributed by atoms with Crippen molar-refractivity contribution >= 4 is 17.6 Å². The summed E-state index contributed by atoms with van der Waals surface area (Å²) in [4.78, 5) is 21.2. The zero-order valence-corrected chi connectivity index (χ0v) is 8.75. The lowest BCUT2D eigenvalue weighted by Gasteiger charge is -2.10. The Balaban J connectivity index is 3.08. The Bertz CT molecular complexity index is 472. The van der Waals surface area contributed by atoms with Gasteiger partial charge in [-0.1, -0.05) is 0 Å². The van der Waals surface area contributed by atoms with E-state index in [1.807, 2.05) is 0 Å². The Kier molecular flexibility index (Phi) is 3.54. The standard InChI is InChI=1S/C10H12N2O5/c11-6-1-4(2-7(12)10(16)17)8(13)3-5(6)9(14)15/h1,3,7,13H,2,11-12H2,(H,14,15)(H,16,17)/t7-/m0/s1. The molecule has 0 spiro atoms. The minimum atomic E-state index is -1.27. The summed E-state index contributed by atoms with van der Waals surface area (Å²) in [6.45, 7) is 0. The SMILES string of the molecule is Nc1cc(C[C@H](N)C(=O)O)c(O)cc1C(=O)O. The van der Waals surface area contributed by atoms with Gasteiger partial charge in [0.25, 0.3) is 0 Å². The molecule has 0 fully saturated rings. The van der Waals surface area contributed by atoms with Crippen molar-refractivity contribution in [2.45, 2.75) is 12.5 Å². The molecule has 0 unspecified atom stereocenters. The number of nitrogen functional groups attached to an aromatic ring is 1. The van der Waals surface area contributed by atoms with Crippen LogP contribution in [0.5, 0.6) is 5.75 Å². The van der Waals surface area contributed by atoms with E-state index in [-0.39, 0.29) is 29.0 Å². The third-order valence-electron chi connectivity index (χ3n) is 2.24. The van der Waals surface area contributed by atoms with Crippen molar-refractivity contribution in [3.63, 3.8) is 0 Å². The maximum absolute atomic E-state index is 10.7. The third kappa shape index (κ3) is 2.85. The molecule has 0 radical (unpaired) electrons. The maximum atomic E-state index is 10.7. The van der Waals surface area contributed by atoms with Crippen molar-refractivity contribution in [3.05, 3.63) is 23.3 Å². The van der Waals surface area contributed by atoms with E-state index in [1.165, 1.54) is 6.07 Å². The fourth-order valence-electron chi connectivity index (χ4n) is 1.33. The van der Waals surface area contributed by atoms with Crippen LogP contribution in [-0.4, -0.2) is 33.3 Å². The lowest BCUT2D eigenvalue weighted by Crippen LogP contribution is -2.32. The smallest absolute Gasteiger partial charge is 0.337 e. The molecular weight excluding hydrogens is 228 g/mol. The highest BCUT2D eigenvalue weighted by Crippen LogP contribution is 2.25. The van der Waals surface area contributed by atoms with Crippen LogP contribution in [0.15, 0.2) is 12.1 Å². The highest BCUT2D eigenvalue weighted by atomic mass is 16.4. The van der Waals surface area contributed by atoms with Crippen molar-refractivity contribution in [1.82, 2.24) is 0 Å².